The second-order valence-corrected chi connectivity index (χ2v) is 6.49. The maximum absolute atomic E-state index is 12.7. The quantitative estimate of drug-likeness (QED) is 0.812. The van der Waals surface area contributed by atoms with Crippen molar-refractivity contribution in [2.75, 3.05) is 6.54 Å². The molecular weight excluding hydrogens is 357 g/mol. The third-order valence-corrected chi connectivity index (χ3v) is 4.48. The van der Waals surface area contributed by atoms with Gasteiger partial charge in [0.2, 0.25) is 5.91 Å². The first-order chi connectivity index (χ1) is 12.9. The van der Waals surface area contributed by atoms with E-state index in [0.717, 1.165) is 49.6 Å². The van der Waals surface area contributed by atoms with Gasteiger partial charge < -0.3 is 9.88 Å². The van der Waals surface area contributed by atoms with Crippen LogP contribution in [0.25, 0.3) is 6.08 Å². The molecule has 0 atom stereocenters. The van der Waals surface area contributed by atoms with Gasteiger partial charge in [-0.25, -0.2) is 0 Å². The molecule has 1 N–H and O–H groups in total. The fraction of sp³-hybridized carbons (Fsp3) is 0.421. The molecule has 0 saturated carbocycles. The van der Waals surface area contributed by atoms with Gasteiger partial charge >= 0.3 is 6.18 Å². The number of nitrogens with one attached hydrogen (secondary N) is 1. The van der Waals surface area contributed by atoms with E-state index in [1.54, 1.807) is 0 Å². The van der Waals surface area contributed by atoms with Crippen LogP contribution in [0, 0.1) is 0 Å². The minimum Gasteiger partial charge on any atom is -0.352 e. The maximum atomic E-state index is 12.7. The normalized spacial score (nSPS) is 14.8. The second-order valence-electron chi connectivity index (χ2n) is 6.49. The van der Waals surface area contributed by atoms with Crippen molar-refractivity contribution in [2.45, 2.75) is 44.8 Å². The zero-order chi connectivity index (χ0) is 19.3. The molecular formula is C19H21F3N4O. The first kappa shape index (κ1) is 19.1. The molecule has 2 heterocycles. The zero-order valence-corrected chi connectivity index (χ0v) is 14.8. The summed E-state index contributed by atoms with van der Waals surface area (Å²) >= 11 is 0. The topological polar surface area (TPSA) is 59.8 Å². The summed E-state index contributed by atoms with van der Waals surface area (Å²) in [4.78, 5) is 11.9. The highest BCUT2D eigenvalue weighted by Gasteiger charge is 2.30. The van der Waals surface area contributed by atoms with Crippen molar-refractivity contribution in [1.82, 2.24) is 20.1 Å². The smallest absolute Gasteiger partial charge is 0.352 e. The highest BCUT2D eigenvalue weighted by atomic mass is 19.4. The van der Waals surface area contributed by atoms with Crippen LogP contribution in [-0.2, 0) is 30.4 Å². The van der Waals surface area contributed by atoms with Gasteiger partial charge in [0.05, 0.1) is 5.56 Å². The third kappa shape index (κ3) is 5.18. The van der Waals surface area contributed by atoms with Crippen LogP contribution in [0.5, 0.6) is 0 Å². The number of carbonyl (C=O) groups is 1. The van der Waals surface area contributed by atoms with Gasteiger partial charge in [0.25, 0.3) is 0 Å². The Morgan fingerprint density at radius 2 is 2.07 bits per heavy atom. The van der Waals surface area contributed by atoms with E-state index >= 15 is 0 Å². The molecule has 0 unspecified atom stereocenters. The Labute approximate surface area is 155 Å². The Bertz CT molecular complexity index is 827. The largest absolute Gasteiger partial charge is 0.416 e. The molecule has 2 aromatic rings. The van der Waals surface area contributed by atoms with Crippen molar-refractivity contribution in [3.8, 4) is 0 Å². The highest BCUT2D eigenvalue weighted by Crippen LogP contribution is 2.29. The molecule has 0 fully saturated rings. The predicted octanol–water partition coefficient (Wildman–Crippen LogP) is 3.40. The first-order valence-corrected chi connectivity index (χ1v) is 8.97. The molecule has 144 valence electrons. The van der Waals surface area contributed by atoms with Gasteiger partial charge in [0, 0.05) is 32.0 Å². The number of halogens is 3. The number of hydrogen-bond acceptors (Lipinski definition) is 3. The van der Waals surface area contributed by atoms with E-state index in [1.165, 1.54) is 30.7 Å². The number of aryl methyl sites for hydroxylation is 1. The van der Waals surface area contributed by atoms with E-state index < -0.39 is 11.7 Å². The molecule has 1 aromatic carbocycles. The second kappa shape index (κ2) is 8.37. The Balaban J connectivity index is 1.52. The summed E-state index contributed by atoms with van der Waals surface area (Å²) in [7, 11) is 0. The lowest BCUT2D eigenvalue weighted by Gasteiger charge is -2.07. The predicted molar refractivity (Wildman–Crippen MR) is 94.8 cm³/mol. The summed E-state index contributed by atoms with van der Waals surface area (Å²) in [6.07, 6.45) is 3.10. The molecule has 1 aliphatic heterocycles. The van der Waals surface area contributed by atoms with Crippen molar-refractivity contribution in [2.24, 2.45) is 0 Å². The van der Waals surface area contributed by atoms with E-state index in [1.807, 2.05) is 0 Å². The van der Waals surface area contributed by atoms with Gasteiger partial charge in [-0.3, -0.25) is 4.79 Å². The SMILES string of the molecule is O=C(/C=C/c1cccc(C(F)(F)F)c1)NCCc1nnc2n1CCCCC2. The summed E-state index contributed by atoms with van der Waals surface area (Å²) in [5, 5.41) is 11.1. The molecule has 0 aliphatic carbocycles. The van der Waals surface area contributed by atoms with E-state index in [0.29, 0.717) is 18.5 Å². The van der Waals surface area contributed by atoms with Gasteiger partial charge in [-0.1, -0.05) is 18.6 Å². The number of rotatable bonds is 5. The summed E-state index contributed by atoms with van der Waals surface area (Å²) in [6.45, 7) is 1.30. The molecule has 5 nitrogen and oxygen atoms in total. The molecule has 3 rings (SSSR count). The Hall–Kier alpha value is -2.64. The average molecular weight is 378 g/mol. The zero-order valence-electron chi connectivity index (χ0n) is 14.8. The number of amides is 1. The van der Waals surface area contributed by atoms with Gasteiger partial charge in [0.15, 0.2) is 0 Å². The standard InChI is InChI=1S/C19H21F3N4O/c20-19(21,22)15-6-4-5-14(13-15)8-9-18(27)23-11-10-17-25-24-16-7-2-1-3-12-26(16)17/h4-6,8-9,13H,1-3,7,10-12H2,(H,23,27)/b9-8+. The summed E-state index contributed by atoms with van der Waals surface area (Å²) in [5.74, 6) is 1.50. The summed E-state index contributed by atoms with van der Waals surface area (Å²) < 4.78 is 40.2. The van der Waals surface area contributed by atoms with Crippen LogP contribution >= 0.6 is 0 Å². The van der Waals surface area contributed by atoms with Crippen LogP contribution in [0.3, 0.4) is 0 Å². The van der Waals surface area contributed by atoms with E-state index in [2.05, 4.69) is 20.1 Å². The van der Waals surface area contributed by atoms with Gasteiger partial charge in [-0.15, -0.1) is 10.2 Å². The van der Waals surface area contributed by atoms with E-state index in [9.17, 15) is 18.0 Å². The lowest BCUT2D eigenvalue weighted by atomic mass is 10.1. The van der Waals surface area contributed by atoms with Crippen LogP contribution in [0.15, 0.2) is 30.3 Å². The third-order valence-electron chi connectivity index (χ3n) is 4.48. The molecule has 1 amide bonds. The molecule has 0 spiro atoms. The molecule has 0 bridgehead atoms. The lowest BCUT2D eigenvalue weighted by molar-refractivity contribution is -0.137. The number of alkyl halides is 3. The number of carbonyl (C=O) groups excluding carboxylic acids is 1. The highest BCUT2D eigenvalue weighted by molar-refractivity contribution is 5.91. The molecule has 27 heavy (non-hydrogen) atoms. The van der Waals surface area contributed by atoms with Crippen molar-refractivity contribution in [1.29, 1.82) is 0 Å². The molecule has 0 saturated heterocycles. The van der Waals surface area contributed by atoms with Crippen molar-refractivity contribution < 1.29 is 18.0 Å². The van der Waals surface area contributed by atoms with Crippen LogP contribution < -0.4 is 5.32 Å². The minimum absolute atomic E-state index is 0.322. The van der Waals surface area contributed by atoms with Crippen LogP contribution in [0.4, 0.5) is 13.2 Å². The lowest BCUT2D eigenvalue weighted by Crippen LogP contribution is -2.24. The number of fused-ring (bicyclic) bond motifs is 1. The van der Waals surface area contributed by atoms with E-state index in [-0.39, 0.29) is 5.91 Å². The maximum Gasteiger partial charge on any atom is 0.416 e. The number of benzene rings is 1. The first-order valence-electron chi connectivity index (χ1n) is 8.97. The summed E-state index contributed by atoms with van der Waals surface area (Å²) in [6, 6.07) is 4.84. The van der Waals surface area contributed by atoms with Crippen molar-refractivity contribution >= 4 is 12.0 Å². The van der Waals surface area contributed by atoms with Crippen LogP contribution in [0.2, 0.25) is 0 Å². The summed E-state index contributed by atoms with van der Waals surface area (Å²) in [5.41, 5.74) is -0.416. The molecule has 1 aliphatic rings. The van der Waals surface area contributed by atoms with Crippen LogP contribution in [0.1, 0.15) is 42.0 Å². The molecule has 8 heteroatoms. The Morgan fingerprint density at radius 3 is 2.89 bits per heavy atom. The average Bonchev–Trinajstić information content (AvgIpc) is 2.86. The number of hydrogen-bond donors (Lipinski definition) is 1. The van der Waals surface area contributed by atoms with Crippen molar-refractivity contribution in [3.05, 3.63) is 53.1 Å². The number of nitrogens with zero attached hydrogens (tertiary/aromatic N) is 3. The minimum atomic E-state index is -4.40. The number of aromatic nitrogens is 3. The van der Waals surface area contributed by atoms with Gasteiger partial charge in [-0.05, 0) is 36.6 Å². The van der Waals surface area contributed by atoms with E-state index in [4.69, 9.17) is 0 Å². The Morgan fingerprint density at radius 1 is 1.22 bits per heavy atom. The molecule has 1 aromatic heterocycles. The van der Waals surface area contributed by atoms with Gasteiger partial charge in [-0.2, -0.15) is 13.2 Å². The van der Waals surface area contributed by atoms with Gasteiger partial charge in [0.1, 0.15) is 11.6 Å². The van der Waals surface area contributed by atoms with Crippen molar-refractivity contribution in [3.63, 3.8) is 0 Å². The monoisotopic (exact) mass is 378 g/mol. The fourth-order valence-electron chi connectivity index (χ4n) is 3.08. The fourth-order valence-corrected chi connectivity index (χ4v) is 3.08. The molecule has 0 radical (unpaired) electrons. The Kier molecular flexibility index (Phi) is 5.93. The van der Waals surface area contributed by atoms with Crippen LogP contribution in [-0.4, -0.2) is 27.2 Å².